The smallest absolute Gasteiger partial charge is 0.421 e. The molecule has 3 N–H and O–H groups in total. The van der Waals surface area contributed by atoms with Gasteiger partial charge in [0.25, 0.3) is 0 Å². The summed E-state index contributed by atoms with van der Waals surface area (Å²) in [5.41, 5.74) is -0.0998. The average molecular weight is 316 g/mol. The zero-order chi connectivity index (χ0) is 13.4. The molecule has 1 unspecified atom stereocenters. The molecule has 0 aliphatic rings. The van der Waals surface area contributed by atoms with Crippen molar-refractivity contribution in [2.45, 2.75) is 11.7 Å². The van der Waals surface area contributed by atoms with E-state index < -0.39 is 29.1 Å². The Bertz CT molecular complexity index is 463. The van der Waals surface area contributed by atoms with E-state index in [2.05, 4.69) is 15.9 Å². The maximum absolute atomic E-state index is 13.5. The lowest BCUT2D eigenvalue weighted by molar-refractivity contribution is -0.205. The molecule has 0 aliphatic heterocycles. The molecular formula is C9H6BrF4NO2. The highest BCUT2D eigenvalue weighted by molar-refractivity contribution is 9.10. The fourth-order valence-electron chi connectivity index (χ4n) is 1.20. The Morgan fingerprint density at radius 1 is 1.35 bits per heavy atom. The topological polar surface area (TPSA) is 63.3 Å². The average Bonchev–Trinajstić information content (AvgIpc) is 2.19. The van der Waals surface area contributed by atoms with Crippen molar-refractivity contribution in [1.82, 2.24) is 0 Å². The van der Waals surface area contributed by atoms with Gasteiger partial charge in [0.05, 0.1) is 4.47 Å². The van der Waals surface area contributed by atoms with E-state index in [0.717, 1.165) is 12.1 Å². The molecule has 0 radical (unpaired) electrons. The summed E-state index contributed by atoms with van der Waals surface area (Å²) < 4.78 is 51.2. The predicted octanol–water partition coefficient (Wildman–Crippen LogP) is 2.39. The van der Waals surface area contributed by atoms with Crippen LogP contribution < -0.4 is 5.73 Å². The third-order valence-corrected chi connectivity index (χ3v) is 2.77. The fourth-order valence-corrected chi connectivity index (χ4v) is 1.56. The summed E-state index contributed by atoms with van der Waals surface area (Å²) >= 11 is 2.66. The molecule has 1 aromatic carbocycles. The minimum atomic E-state index is -5.32. The number of hydrogen-bond acceptors (Lipinski definition) is 2. The van der Waals surface area contributed by atoms with Crippen molar-refractivity contribution >= 4 is 21.9 Å². The van der Waals surface area contributed by atoms with Gasteiger partial charge in [0.2, 0.25) is 5.54 Å². The highest BCUT2D eigenvalue weighted by Gasteiger charge is 2.60. The lowest BCUT2D eigenvalue weighted by atomic mass is 9.90. The van der Waals surface area contributed by atoms with Crippen LogP contribution in [-0.4, -0.2) is 17.3 Å². The monoisotopic (exact) mass is 315 g/mol. The third-order valence-electron chi connectivity index (χ3n) is 2.16. The molecule has 1 atom stereocenters. The number of benzene rings is 1. The van der Waals surface area contributed by atoms with Crippen molar-refractivity contribution in [3.8, 4) is 0 Å². The molecule has 0 saturated heterocycles. The summed E-state index contributed by atoms with van der Waals surface area (Å²) in [4.78, 5) is 10.7. The zero-order valence-electron chi connectivity index (χ0n) is 8.05. The highest BCUT2D eigenvalue weighted by Crippen LogP contribution is 2.39. The Labute approximate surface area is 101 Å². The first-order chi connectivity index (χ1) is 7.62. The summed E-state index contributed by atoms with van der Waals surface area (Å²) in [7, 11) is 0. The molecule has 94 valence electrons. The van der Waals surface area contributed by atoms with Crippen molar-refractivity contribution in [3.05, 3.63) is 34.1 Å². The number of rotatable bonds is 2. The number of carbonyl (C=O) groups is 1. The lowest BCUT2D eigenvalue weighted by Crippen LogP contribution is -2.57. The molecule has 0 spiro atoms. The van der Waals surface area contributed by atoms with E-state index in [9.17, 15) is 22.4 Å². The van der Waals surface area contributed by atoms with Crippen LogP contribution in [-0.2, 0) is 10.3 Å². The summed E-state index contributed by atoms with van der Waals surface area (Å²) in [5.74, 6) is -3.73. The second-order valence-corrected chi connectivity index (χ2v) is 4.07. The first-order valence-corrected chi connectivity index (χ1v) is 4.95. The maximum atomic E-state index is 13.5. The van der Waals surface area contributed by atoms with E-state index in [-0.39, 0.29) is 4.47 Å². The maximum Gasteiger partial charge on any atom is 0.421 e. The summed E-state index contributed by atoms with van der Waals surface area (Å²) in [6, 6.07) is 2.89. The standard InChI is InChI=1S/C9H6BrF4NO2/c10-5-3-1-2-4(6(5)11)8(15,7(16)17)9(12,13)14/h1-3H,15H2,(H,16,17). The third kappa shape index (κ3) is 2.14. The van der Waals surface area contributed by atoms with Crippen LogP contribution >= 0.6 is 15.9 Å². The van der Waals surface area contributed by atoms with Crippen LogP contribution in [0.15, 0.2) is 22.7 Å². The van der Waals surface area contributed by atoms with Crippen molar-refractivity contribution in [2.24, 2.45) is 5.73 Å². The fraction of sp³-hybridized carbons (Fsp3) is 0.222. The van der Waals surface area contributed by atoms with Gasteiger partial charge in [0, 0.05) is 5.56 Å². The quantitative estimate of drug-likeness (QED) is 0.824. The van der Waals surface area contributed by atoms with Gasteiger partial charge in [-0.3, -0.25) is 0 Å². The van der Waals surface area contributed by atoms with Crippen LogP contribution in [0.5, 0.6) is 0 Å². The minimum Gasteiger partial charge on any atom is -0.479 e. The van der Waals surface area contributed by atoms with Crippen LogP contribution in [0.4, 0.5) is 17.6 Å². The van der Waals surface area contributed by atoms with Gasteiger partial charge in [0.15, 0.2) is 0 Å². The van der Waals surface area contributed by atoms with Gasteiger partial charge in [-0.15, -0.1) is 0 Å². The molecule has 0 heterocycles. The Morgan fingerprint density at radius 2 is 1.88 bits per heavy atom. The van der Waals surface area contributed by atoms with Crippen molar-refractivity contribution in [3.63, 3.8) is 0 Å². The van der Waals surface area contributed by atoms with Crippen molar-refractivity contribution in [2.75, 3.05) is 0 Å². The first kappa shape index (κ1) is 13.9. The van der Waals surface area contributed by atoms with E-state index in [4.69, 9.17) is 10.8 Å². The van der Waals surface area contributed by atoms with Crippen LogP contribution in [0, 0.1) is 5.82 Å². The molecule has 0 amide bonds. The number of aliphatic carboxylic acids is 1. The zero-order valence-corrected chi connectivity index (χ0v) is 9.64. The molecule has 8 heteroatoms. The highest BCUT2D eigenvalue weighted by atomic mass is 79.9. The second kappa shape index (κ2) is 4.26. The summed E-state index contributed by atoms with van der Waals surface area (Å²) in [5, 5.41) is 8.61. The van der Waals surface area contributed by atoms with Crippen LogP contribution in [0.25, 0.3) is 0 Å². The Kier molecular flexibility index (Phi) is 3.49. The Morgan fingerprint density at radius 3 is 2.29 bits per heavy atom. The van der Waals surface area contributed by atoms with Gasteiger partial charge in [-0.25, -0.2) is 9.18 Å². The van der Waals surface area contributed by atoms with Gasteiger partial charge in [0.1, 0.15) is 5.82 Å². The van der Waals surface area contributed by atoms with Crippen LogP contribution in [0.1, 0.15) is 5.56 Å². The van der Waals surface area contributed by atoms with Crippen LogP contribution in [0.2, 0.25) is 0 Å². The molecular weight excluding hydrogens is 310 g/mol. The Balaban J connectivity index is 3.55. The number of carboxylic acids is 1. The molecule has 0 bridgehead atoms. The Hall–Kier alpha value is -1.15. The largest absolute Gasteiger partial charge is 0.479 e. The first-order valence-electron chi connectivity index (χ1n) is 4.16. The predicted molar refractivity (Wildman–Crippen MR) is 53.7 cm³/mol. The van der Waals surface area contributed by atoms with E-state index in [0.29, 0.717) is 6.07 Å². The molecule has 0 fully saturated rings. The van der Waals surface area contributed by atoms with Gasteiger partial charge in [-0.05, 0) is 22.0 Å². The number of carboxylic acid groups (broad SMARTS) is 1. The van der Waals surface area contributed by atoms with Crippen molar-refractivity contribution in [1.29, 1.82) is 0 Å². The summed E-state index contributed by atoms with van der Waals surface area (Å²) in [6.07, 6.45) is -5.32. The number of nitrogens with two attached hydrogens (primary N) is 1. The van der Waals surface area contributed by atoms with Crippen LogP contribution in [0.3, 0.4) is 0 Å². The van der Waals surface area contributed by atoms with E-state index in [1.807, 2.05) is 0 Å². The van der Waals surface area contributed by atoms with E-state index >= 15 is 0 Å². The van der Waals surface area contributed by atoms with Gasteiger partial charge < -0.3 is 10.8 Å². The SMILES string of the molecule is NC(C(=O)O)(c1cccc(Br)c1F)C(F)(F)F. The van der Waals surface area contributed by atoms with E-state index in [1.165, 1.54) is 0 Å². The molecule has 1 rings (SSSR count). The lowest BCUT2D eigenvalue weighted by Gasteiger charge is -2.28. The molecule has 17 heavy (non-hydrogen) atoms. The number of alkyl halides is 3. The summed E-state index contributed by atoms with van der Waals surface area (Å²) in [6.45, 7) is 0. The normalized spacial score (nSPS) is 15.4. The molecule has 3 nitrogen and oxygen atoms in total. The van der Waals surface area contributed by atoms with Gasteiger partial charge in [-0.2, -0.15) is 13.2 Å². The molecule has 0 aromatic heterocycles. The molecule has 1 aromatic rings. The van der Waals surface area contributed by atoms with Gasteiger partial charge in [-0.1, -0.05) is 12.1 Å². The van der Waals surface area contributed by atoms with E-state index in [1.54, 1.807) is 0 Å². The number of hydrogen-bond donors (Lipinski definition) is 2. The second-order valence-electron chi connectivity index (χ2n) is 3.21. The number of halogens is 5. The minimum absolute atomic E-state index is 0.296. The molecule has 0 aliphatic carbocycles. The van der Waals surface area contributed by atoms with Gasteiger partial charge >= 0.3 is 12.1 Å². The molecule has 0 saturated carbocycles. The van der Waals surface area contributed by atoms with Crippen molar-refractivity contribution < 1.29 is 27.5 Å².